The zero-order chi connectivity index (χ0) is 30.5. The lowest BCUT2D eigenvalue weighted by Gasteiger charge is -2.41. The van der Waals surface area contributed by atoms with Crippen LogP contribution in [-0.4, -0.2) is 87.7 Å². The van der Waals surface area contributed by atoms with Crippen LogP contribution in [0, 0.1) is 5.92 Å². The average molecular weight is 592 g/mol. The van der Waals surface area contributed by atoms with Crippen LogP contribution < -0.4 is 5.73 Å². The molecular formula is C28H38F5N3O5. The number of fused-ring (bicyclic) bond motifs is 2. The molecule has 0 spiro atoms. The quantitative estimate of drug-likeness (QED) is 0.390. The van der Waals surface area contributed by atoms with Crippen LogP contribution in [0.1, 0.15) is 80.1 Å². The molecular weight excluding hydrogens is 553 g/mol. The summed E-state index contributed by atoms with van der Waals surface area (Å²) in [6.45, 7) is 3.14. The summed E-state index contributed by atoms with van der Waals surface area (Å²) in [5, 5.41) is 17.0. The van der Waals surface area contributed by atoms with Crippen molar-refractivity contribution in [3.05, 3.63) is 35.4 Å². The van der Waals surface area contributed by atoms with Crippen molar-refractivity contribution in [3.8, 4) is 0 Å². The van der Waals surface area contributed by atoms with E-state index in [0.29, 0.717) is 49.5 Å². The van der Waals surface area contributed by atoms with E-state index in [0.717, 1.165) is 37.8 Å². The first-order valence-corrected chi connectivity index (χ1v) is 13.9. The molecule has 2 saturated heterocycles. The highest BCUT2D eigenvalue weighted by Gasteiger charge is 2.42. The summed E-state index contributed by atoms with van der Waals surface area (Å²) in [7, 11) is 0. The third-order valence-electron chi connectivity index (χ3n) is 8.38. The molecule has 8 nitrogen and oxygen atoms in total. The first kappa shape index (κ1) is 32.7. The topological polar surface area (TPSA) is 124 Å². The summed E-state index contributed by atoms with van der Waals surface area (Å²) in [4.78, 5) is 37.4. The molecule has 1 aromatic carbocycles. The normalized spacial score (nSPS) is 25.1. The Labute approximate surface area is 235 Å². The monoisotopic (exact) mass is 591 g/mol. The van der Waals surface area contributed by atoms with Crippen LogP contribution in [-0.2, 0) is 9.59 Å². The minimum Gasteiger partial charge on any atom is -0.475 e. The first-order chi connectivity index (χ1) is 19.1. The van der Waals surface area contributed by atoms with Gasteiger partial charge in [-0.15, -0.1) is 0 Å². The molecule has 41 heavy (non-hydrogen) atoms. The van der Waals surface area contributed by atoms with E-state index in [2.05, 4.69) is 11.0 Å². The molecule has 2 bridgehead atoms. The number of carboxylic acids is 1. The molecule has 2 amide bonds. The summed E-state index contributed by atoms with van der Waals surface area (Å²) < 4.78 is 58.8. The largest absolute Gasteiger partial charge is 0.490 e. The third-order valence-corrected chi connectivity index (χ3v) is 8.38. The van der Waals surface area contributed by atoms with Gasteiger partial charge in [0.05, 0.1) is 0 Å². The summed E-state index contributed by atoms with van der Waals surface area (Å²) in [6, 6.07) is 8.46. The van der Waals surface area contributed by atoms with Gasteiger partial charge in [0, 0.05) is 50.1 Å². The van der Waals surface area contributed by atoms with Gasteiger partial charge in [-0.3, -0.25) is 14.5 Å². The van der Waals surface area contributed by atoms with Gasteiger partial charge in [-0.25, -0.2) is 13.6 Å². The summed E-state index contributed by atoms with van der Waals surface area (Å²) in [5.41, 5.74) is 7.16. The van der Waals surface area contributed by atoms with Crippen LogP contribution in [0.25, 0.3) is 0 Å². The highest BCUT2D eigenvalue weighted by Crippen LogP contribution is 2.43. The summed E-state index contributed by atoms with van der Waals surface area (Å²) in [5.74, 6) is -5.63. The zero-order valence-electron chi connectivity index (χ0n) is 23.0. The van der Waals surface area contributed by atoms with E-state index in [4.69, 9.17) is 15.6 Å². The lowest BCUT2D eigenvalue weighted by molar-refractivity contribution is -0.192. The van der Waals surface area contributed by atoms with Crippen LogP contribution in [0.4, 0.5) is 22.0 Å². The number of amides is 2. The molecule has 3 atom stereocenters. The van der Waals surface area contributed by atoms with E-state index in [1.54, 1.807) is 11.0 Å². The number of carbonyl (C=O) groups excluding carboxylic acids is 2. The molecule has 4 rings (SSSR count). The Morgan fingerprint density at radius 3 is 2.15 bits per heavy atom. The molecule has 230 valence electrons. The number of hydrogen-bond acceptors (Lipinski definition) is 5. The Balaban J connectivity index is 0.000000587. The SMILES string of the molecule is C[C@H](O)C(=O)N(CCN1C2CCC1CC(c1cccc(C(N)=O)c1)C2)CC1CCC(F)(F)CC1.O=C(O)C(F)(F)F. The molecule has 1 saturated carbocycles. The van der Waals surface area contributed by atoms with Crippen molar-refractivity contribution in [2.24, 2.45) is 11.7 Å². The number of rotatable bonds is 8. The number of hydrogen-bond donors (Lipinski definition) is 3. The molecule has 3 aliphatic rings. The molecule has 2 aliphatic heterocycles. The van der Waals surface area contributed by atoms with E-state index in [9.17, 15) is 36.6 Å². The van der Waals surface area contributed by atoms with E-state index in [-0.39, 0.29) is 24.7 Å². The highest BCUT2D eigenvalue weighted by atomic mass is 19.4. The number of aliphatic carboxylic acids is 1. The number of carbonyl (C=O) groups is 3. The van der Waals surface area contributed by atoms with Crippen LogP contribution in [0.15, 0.2) is 24.3 Å². The molecule has 2 heterocycles. The number of aliphatic hydroxyl groups is 1. The Morgan fingerprint density at radius 1 is 1.10 bits per heavy atom. The van der Waals surface area contributed by atoms with Crippen molar-refractivity contribution in [2.75, 3.05) is 19.6 Å². The van der Waals surface area contributed by atoms with Crippen molar-refractivity contribution in [1.82, 2.24) is 9.80 Å². The lowest BCUT2D eigenvalue weighted by Crippen LogP contribution is -2.49. The van der Waals surface area contributed by atoms with Gasteiger partial charge < -0.3 is 20.8 Å². The average Bonchev–Trinajstić information content (AvgIpc) is 3.13. The number of primary amides is 1. The molecule has 1 aromatic rings. The molecule has 0 aromatic heterocycles. The highest BCUT2D eigenvalue weighted by molar-refractivity contribution is 5.92. The van der Waals surface area contributed by atoms with Gasteiger partial charge in [0.15, 0.2) is 0 Å². The van der Waals surface area contributed by atoms with Crippen molar-refractivity contribution in [3.63, 3.8) is 0 Å². The predicted molar refractivity (Wildman–Crippen MR) is 139 cm³/mol. The van der Waals surface area contributed by atoms with Gasteiger partial charge in [0.1, 0.15) is 6.10 Å². The van der Waals surface area contributed by atoms with Gasteiger partial charge in [-0.05, 0) is 75.0 Å². The number of aliphatic hydroxyl groups excluding tert-OH is 1. The second-order valence-electron chi connectivity index (χ2n) is 11.3. The summed E-state index contributed by atoms with van der Waals surface area (Å²) in [6.07, 6.45) is -1.37. The molecule has 0 radical (unpaired) electrons. The number of alkyl halides is 5. The fourth-order valence-electron chi connectivity index (χ4n) is 6.24. The zero-order valence-corrected chi connectivity index (χ0v) is 23.0. The smallest absolute Gasteiger partial charge is 0.475 e. The Bertz CT molecular complexity index is 1060. The summed E-state index contributed by atoms with van der Waals surface area (Å²) >= 11 is 0. The number of nitrogens with two attached hydrogens (primary N) is 1. The first-order valence-electron chi connectivity index (χ1n) is 13.9. The van der Waals surface area contributed by atoms with E-state index in [1.165, 1.54) is 6.92 Å². The third kappa shape index (κ3) is 9.09. The van der Waals surface area contributed by atoms with Crippen LogP contribution >= 0.6 is 0 Å². The molecule has 13 heteroatoms. The second-order valence-corrected chi connectivity index (χ2v) is 11.3. The van der Waals surface area contributed by atoms with Crippen LogP contribution in [0.2, 0.25) is 0 Å². The number of nitrogens with zero attached hydrogens (tertiary/aromatic N) is 2. The van der Waals surface area contributed by atoms with E-state index in [1.807, 2.05) is 12.1 Å². The second kappa shape index (κ2) is 13.5. The van der Waals surface area contributed by atoms with Crippen molar-refractivity contribution >= 4 is 17.8 Å². The van der Waals surface area contributed by atoms with Crippen LogP contribution in [0.5, 0.6) is 0 Å². The maximum absolute atomic E-state index is 13.6. The maximum Gasteiger partial charge on any atom is 0.490 e. The van der Waals surface area contributed by atoms with Gasteiger partial charge in [0.25, 0.3) is 5.91 Å². The van der Waals surface area contributed by atoms with Gasteiger partial charge >= 0.3 is 12.1 Å². The van der Waals surface area contributed by atoms with Crippen LogP contribution in [0.3, 0.4) is 0 Å². The number of halogens is 5. The van der Waals surface area contributed by atoms with E-state index >= 15 is 0 Å². The lowest BCUT2D eigenvalue weighted by atomic mass is 9.84. The minimum atomic E-state index is -5.08. The van der Waals surface area contributed by atoms with Crippen molar-refractivity contribution < 1.29 is 46.5 Å². The number of benzene rings is 1. The predicted octanol–water partition coefficient (Wildman–Crippen LogP) is 4.16. The minimum absolute atomic E-state index is 0.0577. The van der Waals surface area contributed by atoms with Gasteiger partial charge in [0.2, 0.25) is 11.8 Å². The molecule has 1 aliphatic carbocycles. The van der Waals surface area contributed by atoms with Gasteiger partial charge in [-0.2, -0.15) is 13.2 Å². The standard InChI is InChI=1S/C26H37F2N3O3.C2HF3O2/c1-17(32)25(34)30(16-18-7-9-26(27,28)10-8-18)11-12-31-22-5-6-23(31)15-21(14-22)19-3-2-4-20(13-19)24(29)33;3-2(4,5)1(6)7/h2-4,13,17-18,21-23,32H,5-12,14-16H2,1H3,(H2,29,33);(H,6,7)/t17-,21?,22?,23?;/m0./s1. The van der Waals surface area contributed by atoms with Crippen molar-refractivity contribution in [1.29, 1.82) is 0 Å². The van der Waals surface area contributed by atoms with E-state index < -0.39 is 30.1 Å². The number of carboxylic acid groups (broad SMARTS) is 1. The van der Waals surface area contributed by atoms with Crippen molar-refractivity contribution in [2.45, 2.75) is 94.5 Å². The Hall–Kier alpha value is -2.80. The number of piperidine rings is 1. The molecule has 3 fully saturated rings. The van der Waals surface area contributed by atoms with Gasteiger partial charge in [-0.1, -0.05) is 12.1 Å². The fourth-order valence-corrected chi connectivity index (χ4v) is 6.24. The maximum atomic E-state index is 13.6. The fraction of sp³-hybridized carbons (Fsp3) is 0.679. The Morgan fingerprint density at radius 2 is 1.66 bits per heavy atom. The molecule has 2 unspecified atom stereocenters. The Kier molecular flexibility index (Phi) is 10.7. The molecule has 4 N–H and O–H groups in total.